The SMILES string of the molecule is COc1ccc([C@H]2C[C@H]2CC(N)=O)cc1. The number of benzene rings is 1. The summed E-state index contributed by atoms with van der Waals surface area (Å²) >= 11 is 0. The van der Waals surface area contributed by atoms with Gasteiger partial charge in [-0.15, -0.1) is 0 Å². The van der Waals surface area contributed by atoms with E-state index in [4.69, 9.17) is 10.5 Å². The number of primary amides is 1. The summed E-state index contributed by atoms with van der Waals surface area (Å²) in [6, 6.07) is 8.03. The molecular weight excluding hydrogens is 190 g/mol. The summed E-state index contributed by atoms with van der Waals surface area (Å²) in [5, 5.41) is 0. The normalized spacial score (nSPS) is 23.5. The molecule has 0 heterocycles. The molecule has 1 aliphatic rings. The molecule has 2 atom stereocenters. The van der Waals surface area contributed by atoms with Crippen LogP contribution < -0.4 is 10.5 Å². The molecule has 1 amide bonds. The van der Waals surface area contributed by atoms with E-state index in [1.807, 2.05) is 12.1 Å². The van der Waals surface area contributed by atoms with Gasteiger partial charge < -0.3 is 10.5 Å². The summed E-state index contributed by atoms with van der Waals surface area (Å²) in [7, 11) is 1.65. The van der Waals surface area contributed by atoms with Crippen molar-refractivity contribution in [3.63, 3.8) is 0 Å². The van der Waals surface area contributed by atoms with Crippen molar-refractivity contribution in [3.8, 4) is 5.75 Å². The molecule has 0 spiro atoms. The van der Waals surface area contributed by atoms with E-state index >= 15 is 0 Å². The van der Waals surface area contributed by atoms with E-state index in [0.717, 1.165) is 12.2 Å². The molecule has 1 aliphatic carbocycles. The topological polar surface area (TPSA) is 52.3 Å². The molecule has 80 valence electrons. The molecule has 0 aromatic heterocycles. The first kappa shape index (κ1) is 10.0. The predicted octanol–water partition coefficient (Wildman–Crippen LogP) is 1.67. The molecule has 0 saturated heterocycles. The molecule has 0 unspecified atom stereocenters. The number of carbonyl (C=O) groups excluding carboxylic acids is 1. The fourth-order valence-electron chi connectivity index (χ4n) is 1.99. The van der Waals surface area contributed by atoms with Gasteiger partial charge in [-0.3, -0.25) is 4.79 Å². The first-order chi connectivity index (χ1) is 7.20. The minimum Gasteiger partial charge on any atom is -0.497 e. The average molecular weight is 205 g/mol. The Morgan fingerprint density at radius 2 is 2.13 bits per heavy atom. The van der Waals surface area contributed by atoms with Gasteiger partial charge in [-0.05, 0) is 36.0 Å². The van der Waals surface area contributed by atoms with Crippen LogP contribution in [0.25, 0.3) is 0 Å². The number of carbonyl (C=O) groups is 1. The molecule has 15 heavy (non-hydrogen) atoms. The van der Waals surface area contributed by atoms with Crippen molar-refractivity contribution in [2.45, 2.75) is 18.8 Å². The fourth-order valence-corrected chi connectivity index (χ4v) is 1.99. The molecule has 2 N–H and O–H groups in total. The van der Waals surface area contributed by atoms with Crippen LogP contribution in [0.5, 0.6) is 5.75 Å². The third-order valence-corrected chi connectivity index (χ3v) is 2.93. The Morgan fingerprint density at radius 1 is 1.47 bits per heavy atom. The van der Waals surface area contributed by atoms with Gasteiger partial charge in [0.15, 0.2) is 0 Å². The van der Waals surface area contributed by atoms with Crippen LogP contribution in [0.4, 0.5) is 0 Å². The van der Waals surface area contributed by atoms with Crippen LogP contribution in [-0.2, 0) is 4.79 Å². The molecule has 1 aromatic carbocycles. The van der Waals surface area contributed by atoms with Crippen molar-refractivity contribution in [1.29, 1.82) is 0 Å². The molecule has 0 radical (unpaired) electrons. The molecule has 0 bridgehead atoms. The summed E-state index contributed by atoms with van der Waals surface area (Å²) < 4.78 is 5.09. The Bertz CT molecular complexity index is 358. The maximum Gasteiger partial charge on any atom is 0.217 e. The highest BCUT2D eigenvalue weighted by Crippen LogP contribution is 2.49. The molecule has 2 rings (SSSR count). The minimum atomic E-state index is -0.198. The largest absolute Gasteiger partial charge is 0.497 e. The van der Waals surface area contributed by atoms with Crippen molar-refractivity contribution < 1.29 is 9.53 Å². The standard InChI is InChI=1S/C12H15NO2/c1-15-10-4-2-8(3-5-10)11-6-9(11)7-12(13)14/h2-5,9,11H,6-7H2,1H3,(H2,13,14)/t9-,11+/m0/s1. The molecule has 0 aliphatic heterocycles. The highest BCUT2D eigenvalue weighted by Gasteiger charge is 2.38. The van der Waals surface area contributed by atoms with Gasteiger partial charge in [-0.2, -0.15) is 0 Å². The summed E-state index contributed by atoms with van der Waals surface area (Å²) in [6.07, 6.45) is 1.59. The second-order valence-electron chi connectivity index (χ2n) is 4.05. The lowest BCUT2D eigenvalue weighted by Gasteiger charge is -2.02. The van der Waals surface area contributed by atoms with Crippen LogP contribution in [0, 0.1) is 5.92 Å². The number of ether oxygens (including phenoxy) is 1. The van der Waals surface area contributed by atoms with Crippen LogP contribution in [0.3, 0.4) is 0 Å². The molecule has 1 saturated carbocycles. The second kappa shape index (κ2) is 3.93. The van der Waals surface area contributed by atoms with E-state index in [0.29, 0.717) is 18.3 Å². The summed E-state index contributed by atoms with van der Waals surface area (Å²) in [6.45, 7) is 0. The highest BCUT2D eigenvalue weighted by atomic mass is 16.5. The van der Waals surface area contributed by atoms with Gasteiger partial charge in [0.2, 0.25) is 5.91 Å². The van der Waals surface area contributed by atoms with Crippen molar-refractivity contribution in [3.05, 3.63) is 29.8 Å². The van der Waals surface area contributed by atoms with Gasteiger partial charge in [0.1, 0.15) is 5.75 Å². The molecule has 1 aromatic rings. The van der Waals surface area contributed by atoms with E-state index in [1.165, 1.54) is 5.56 Å². The molecule has 3 nitrogen and oxygen atoms in total. The summed E-state index contributed by atoms with van der Waals surface area (Å²) in [5.41, 5.74) is 6.44. The Labute approximate surface area is 89.2 Å². The maximum absolute atomic E-state index is 10.7. The monoisotopic (exact) mass is 205 g/mol. The molecule has 1 fully saturated rings. The lowest BCUT2D eigenvalue weighted by molar-refractivity contribution is -0.118. The summed E-state index contributed by atoms with van der Waals surface area (Å²) in [4.78, 5) is 10.7. The van der Waals surface area contributed by atoms with Crippen molar-refractivity contribution in [2.75, 3.05) is 7.11 Å². The van der Waals surface area contributed by atoms with Crippen LogP contribution >= 0.6 is 0 Å². The quantitative estimate of drug-likeness (QED) is 0.813. The van der Waals surface area contributed by atoms with Crippen LogP contribution in [0.2, 0.25) is 0 Å². The lowest BCUT2D eigenvalue weighted by atomic mass is 10.1. The smallest absolute Gasteiger partial charge is 0.217 e. The molecular formula is C12H15NO2. The zero-order valence-electron chi connectivity index (χ0n) is 8.77. The van der Waals surface area contributed by atoms with E-state index in [9.17, 15) is 4.79 Å². The van der Waals surface area contributed by atoms with Crippen molar-refractivity contribution in [2.24, 2.45) is 11.7 Å². The van der Waals surface area contributed by atoms with E-state index in [2.05, 4.69) is 12.1 Å². The van der Waals surface area contributed by atoms with Crippen LogP contribution in [-0.4, -0.2) is 13.0 Å². The summed E-state index contributed by atoms with van der Waals surface area (Å²) in [5.74, 6) is 1.64. The van der Waals surface area contributed by atoms with E-state index in [-0.39, 0.29) is 5.91 Å². The van der Waals surface area contributed by atoms with Gasteiger partial charge in [-0.25, -0.2) is 0 Å². The highest BCUT2D eigenvalue weighted by molar-refractivity contribution is 5.74. The number of hydrogen-bond donors (Lipinski definition) is 1. The van der Waals surface area contributed by atoms with Gasteiger partial charge in [-0.1, -0.05) is 12.1 Å². The third-order valence-electron chi connectivity index (χ3n) is 2.93. The Hall–Kier alpha value is -1.51. The van der Waals surface area contributed by atoms with Gasteiger partial charge in [0.25, 0.3) is 0 Å². The van der Waals surface area contributed by atoms with E-state index < -0.39 is 0 Å². The minimum absolute atomic E-state index is 0.198. The Kier molecular flexibility index (Phi) is 2.62. The van der Waals surface area contributed by atoms with Crippen LogP contribution in [0.15, 0.2) is 24.3 Å². The van der Waals surface area contributed by atoms with Gasteiger partial charge in [0.05, 0.1) is 7.11 Å². The zero-order valence-corrected chi connectivity index (χ0v) is 8.77. The lowest BCUT2D eigenvalue weighted by Crippen LogP contribution is -2.11. The third kappa shape index (κ3) is 2.29. The van der Waals surface area contributed by atoms with Crippen molar-refractivity contribution >= 4 is 5.91 Å². The van der Waals surface area contributed by atoms with Crippen molar-refractivity contribution in [1.82, 2.24) is 0 Å². The number of nitrogens with two attached hydrogens (primary N) is 1. The number of hydrogen-bond acceptors (Lipinski definition) is 2. The number of rotatable bonds is 4. The van der Waals surface area contributed by atoms with E-state index in [1.54, 1.807) is 7.11 Å². The molecule has 3 heteroatoms. The second-order valence-corrected chi connectivity index (χ2v) is 4.05. The Balaban J connectivity index is 1.97. The first-order valence-electron chi connectivity index (χ1n) is 5.13. The Morgan fingerprint density at radius 3 is 2.67 bits per heavy atom. The maximum atomic E-state index is 10.7. The fraction of sp³-hybridized carbons (Fsp3) is 0.417. The number of methoxy groups -OCH3 is 1. The zero-order chi connectivity index (χ0) is 10.8. The average Bonchev–Trinajstić information content (AvgIpc) is 2.96. The van der Waals surface area contributed by atoms with Gasteiger partial charge in [0, 0.05) is 6.42 Å². The first-order valence-corrected chi connectivity index (χ1v) is 5.13. The number of amides is 1. The van der Waals surface area contributed by atoms with Gasteiger partial charge >= 0.3 is 0 Å². The van der Waals surface area contributed by atoms with Crippen LogP contribution in [0.1, 0.15) is 24.3 Å². The predicted molar refractivity (Wildman–Crippen MR) is 57.7 cm³/mol.